The molecule has 2 aromatic rings. The topological polar surface area (TPSA) is 49.3 Å². The summed E-state index contributed by atoms with van der Waals surface area (Å²) >= 11 is 0. The zero-order chi connectivity index (χ0) is 17.1. The number of carbonyl (C=O) groups excluding carboxylic acids is 1. The smallest absolute Gasteiger partial charge is 0.229 e. The summed E-state index contributed by atoms with van der Waals surface area (Å²) < 4.78 is 0. The molecule has 5 nitrogen and oxygen atoms in total. The number of rotatable bonds is 4. The minimum Gasteiger partial charge on any atom is -0.336 e. The second-order valence-corrected chi connectivity index (χ2v) is 7.21. The molecule has 1 spiro atoms. The van der Waals surface area contributed by atoms with Crippen LogP contribution in [0.25, 0.3) is 0 Å². The number of likely N-dealkylation sites (tertiary alicyclic amines) is 2. The third kappa shape index (κ3) is 3.42. The SMILES string of the molecule is O=C1N(Cc2ccccn2)CCC12CCN(Cc1ccncc1)CC2. The van der Waals surface area contributed by atoms with E-state index >= 15 is 0 Å². The summed E-state index contributed by atoms with van der Waals surface area (Å²) in [5.74, 6) is 0.335. The van der Waals surface area contributed by atoms with Gasteiger partial charge in [-0.25, -0.2) is 0 Å². The molecule has 0 atom stereocenters. The molecule has 2 aliphatic heterocycles. The van der Waals surface area contributed by atoms with Crippen molar-refractivity contribution in [3.8, 4) is 0 Å². The molecule has 1 amide bonds. The van der Waals surface area contributed by atoms with E-state index in [0.717, 1.165) is 51.1 Å². The first-order valence-electron chi connectivity index (χ1n) is 9.06. The first kappa shape index (κ1) is 16.2. The molecular weight excluding hydrogens is 312 g/mol. The monoisotopic (exact) mass is 336 g/mol. The molecule has 2 fully saturated rings. The van der Waals surface area contributed by atoms with Gasteiger partial charge in [-0.05, 0) is 62.2 Å². The van der Waals surface area contributed by atoms with E-state index in [2.05, 4.69) is 27.0 Å². The summed E-state index contributed by atoms with van der Waals surface area (Å²) in [6.45, 7) is 4.43. The number of hydrogen-bond acceptors (Lipinski definition) is 4. The molecule has 0 aromatic carbocycles. The highest BCUT2D eigenvalue weighted by atomic mass is 16.2. The van der Waals surface area contributed by atoms with Crippen molar-refractivity contribution in [3.05, 3.63) is 60.2 Å². The van der Waals surface area contributed by atoms with E-state index in [9.17, 15) is 4.79 Å². The normalized spacial score (nSPS) is 20.3. The Morgan fingerprint density at radius 3 is 2.40 bits per heavy atom. The Bertz CT molecular complexity index is 711. The summed E-state index contributed by atoms with van der Waals surface area (Å²) in [5, 5.41) is 0. The van der Waals surface area contributed by atoms with Crippen molar-refractivity contribution in [1.82, 2.24) is 19.8 Å². The Kier molecular flexibility index (Phi) is 4.49. The third-order valence-corrected chi connectivity index (χ3v) is 5.65. The molecule has 0 N–H and O–H groups in total. The van der Waals surface area contributed by atoms with E-state index in [0.29, 0.717) is 12.5 Å². The van der Waals surface area contributed by atoms with E-state index in [4.69, 9.17) is 0 Å². The average molecular weight is 336 g/mol. The number of amides is 1. The average Bonchev–Trinajstić information content (AvgIpc) is 2.95. The lowest BCUT2D eigenvalue weighted by Crippen LogP contribution is -2.44. The van der Waals surface area contributed by atoms with Crippen LogP contribution in [0.2, 0.25) is 0 Å². The van der Waals surface area contributed by atoms with Crippen LogP contribution in [-0.2, 0) is 17.9 Å². The van der Waals surface area contributed by atoms with Crippen molar-refractivity contribution in [2.45, 2.75) is 32.4 Å². The van der Waals surface area contributed by atoms with Gasteiger partial charge in [-0.2, -0.15) is 0 Å². The molecule has 5 heteroatoms. The predicted octanol–water partition coefficient (Wildman–Crippen LogP) is 2.49. The number of nitrogens with zero attached hydrogens (tertiary/aromatic N) is 4. The lowest BCUT2D eigenvalue weighted by molar-refractivity contribution is -0.139. The largest absolute Gasteiger partial charge is 0.336 e. The van der Waals surface area contributed by atoms with Crippen molar-refractivity contribution in [1.29, 1.82) is 0 Å². The summed E-state index contributed by atoms with van der Waals surface area (Å²) in [4.78, 5) is 25.9. The standard InChI is InChI=1S/C20H24N4O/c25-19-20(8-14-24(19)16-18-3-1-2-9-22-18)6-12-23(13-7-20)15-17-4-10-21-11-5-17/h1-5,9-11H,6-8,12-16H2. The van der Waals surface area contributed by atoms with Gasteiger partial charge in [0.05, 0.1) is 17.7 Å². The lowest BCUT2D eigenvalue weighted by atomic mass is 9.77. The van der Waals surface area contributed by atoms with Gasteiger partial charge >= 0.3 is 0 Å². The molecule has 4 rings (SSSR count). The zero-order valence-corrected chi connectivity index (χ0v) is 14.5. The fourth-order valence-corrected chi connectivity index (χ4v) is 4.08. The summed E-state index contributed by atoms with van der Waals surface area (Å²) in [6, 6.07) is 10.0. The van der Waals surface area contributed by atoms with Crippen LogP contribution in [0.5, 0.6) is 0 Å². The van der Waals surface area contributed by atoms with Crippen molar-refractivity contribution in [2.24, 2.45) is 5.41 Å². The van der Waals surface area contributed by atoms with Gasteiger partial charge in [0.1, 0.15) is 0 Å². The first-order chi connectivity index (χ1) is 12.3. The number of carbonyl (C=O) groups is 1. The molecule has 130 valence electrons. The Balaban J connectivity index is 1.35. The van der Waals surface area contributed by atoms with Crippen LogP contribution in [0.3, 0.4) is 0 Å². The van der Waals surface area contributed by atoms with E-state index in [-0.39, 0.29) is 5.41 Å². The molecule has 0 unspecified atom stereocenters. The number of hydrogen-bond donors (Lipinski definition) is 0. The minimum absolute atomic E-state index is 0.135. The van der Waals surface area contributed by atoms with Gasteiger partial charge in [0.15, 0.2) is 0 Å². The molecule has 0 bridgehead atoms. The Labute approximate surface area is 148 Å². The highest BCUT2D eigenvalue weighted by Gasteiger charge is 2.47. The van der Waals surface area contributed by atoms with E-state index in [1.165, 1.54) is 5.56 Å². The number of aromatic nitrogens is 2. The van der Waals surface area contributed by atoms with Crippen LogP contribution in [-0.4, -0.2) is 45.3 Å². The molecule has 0 radical (unpaired) electrons. The quantitative estimate of drug-likeness (QED) is 0.861. The molecule has 0 aliphatic carbocycles. The summed E-state index contributed by atoms with van der Waals surface area (Å²) in [5.41, 5.74) is 2.13. The molecule has 25 heavy (non-hydrogen) atoms. The molecule has 0 saturated carbocycles. The van der Waals surface area contributed by atoms with Crippen LogP contribution in [0.1, 0.15) is 30.5 Å². The molecule has 4 heterocycles. The number of pyridine rings is 2. The molecular formula is C20H24N4O. The Morgan fingerprint density at radius 1 is 0.920 bits per heavy atom. The van der Waals surface area contributed by atoms with Crippen molar-refractivity contribution in [3.63, 3.8) is 0 Å². The van der Waals surface area contributed by atoms with Crippen LogP contribution >= 0.6 is 0 Å². The molecule has 2 saturated heterocycles. The first-order valence-corrected chi connectivity index (χ1v) is 9.06. The molecule has 2 aliphatic rings. The van der Waals surface area contributed by atoms with Crippen LogP contribution in [0, 0.1) is 5.41 Å². The minimum atomic E-state index is -0.135. The van der Waals surface area contributed by atoms with Gasteiger partial charge in [0.25, 0.3) is 0 Å². The fourth-order valence-electron chi connectivity index (χ4n) is 4.08. The Morgan fingerprint density at radius 2 is 1.68 bits per heavy atom. The maximum atomic E-state index is 13.0. The number of piperidine rings is 1. The van der Waals surface area contributed by atoms with Crippen LogP contribution in [0.4, 0.5) is 0 Å². The van der Waals surface area contributed by atoms with Gasteiger partial charge in [0.2, 0.25) is 5.91 Å². The van der Waals surface area contributed by atoms with Gasteiger partial charge in [-0.15, -0.1) is 0 Å². The van der Waals surface area contributed by atoms with Gasteiger partial charge in [0, 0.05) is 31.7 Å². The van der Waals surface area contributed by atoms with E-state index in [1.807, 2.05) is 35.5 Å². The third-order valence-electron chi connectivity index (χ3n) is 5.65. The van der Waals surface area contributed by atoms with Crippen LogP contribution < -0.4 is 0 Å². The lowest BCUT2D eigenvalue weighted by Gasteiger charge is -2.38. The second kappa shape index (κ2) is 6.92. The van der Waals surface area contributed by atoms with Gasteiger partial charge in [-0.1, -0.05) is 6.07 Å². The second-order valence-electron chi connectivity index (χ2n) is 7.21. The van der Waals surface area contributed by atoms with Gasteiger partial charge in [-0.3, -0.25) is 19.7 Å². The maximum absolute atomic E-state index is 13.0. The van der Waals surface area contributed by atoms with E-state index < -0.39 is 0 Å². The summed E-state index contributed by atoms with van der Waals surface area (Å²) in [6.07, 6.45) is 8.41. The predicted molar refractivity (Wildman–Crippen MR) is 95.5 cm³/mol. The van der Waals surface area contributed by atoms with Crippen molar-refractivity contribution in [2.75, 3.05) is 19.6 Å². The van der Waals surface area contributed by atoms with Crippen molar-refractivity contribution < 1.29 is 4.79 Å². The molecule has 2 aromatic heterocycles. The highest BCUT2D eigenvalue weighted by molar-refractivity contribution is 5.85. The van der Waals surface area contributed by atoms with E-state index in [1.54, 1.807) is 6.20 Å². The fraction of sp³-hybridized carbons (Fsp3) is 0.450. The van der Waals surface area contributed by atoms with Crippen LogP contribution in [0.15, 0.2) is 48.9 Å². The summed E-state index contributed by atoms with van der Waals surface area (Å²) in [7, 11) is 0. The van der Waals surface area contributed by atoms with Gasteiger partial charge < -0.3 is 4.90 Å². The Hall–Kier alpha value is -2.27. The maximum Gasteiger partial charge on any atom is 0.229 e. The highest BCUT2D eigenvalue weighted by Crippen LogP contribution is 2.42. The van der Waals surface area contributed by atoms with Crippen molar-refractivity contribution >= 4 is 5.91 Å². The zero-order valence-electron chi connectivity index (χ0n) is 14.5.